The zero-order chi connectivity index (χ0) is 14.4. The molecule has 0 saturated carbocycles. The van der Waals surface area contributed by atoms with Crippen LogP contribution in [0.15, 0.2) is 24.3 Å². The fourth-order valence-electron chi connectivity index (χ4n) is 1.67. The van der Waals surface area contributed by atoms with Gasteiger partial charge < -0.3 is 5.32 Å². The van der Waals surface area contributed by atoms with Gasteiger partial charge in [-0.05, 0) is 32.0 Å². The highest BCUT2D eigenvalue weighted by Gasteiger charge is 2.19. The molecule has 0 aliphatic carbocycles. The molecule has 0 aromatic heterocycles. The molecule has 0 saturated heterocycles. The maximum atomic E-state index is 11.8. The maximum absolute atomic E-state index is 11.8. The minimum Gasteiger partial charge on any atom is -0.341 e. The van der Waals surface area contributed by atoms with E-state index in [1.54, 1.807) is 6.92 Å². The van der Waals surface area contributed by atoms with E-state index in [0.29, 0.717) is 6.54 Å². The lowest BCUT2D eigenvalue weighted by molar-refractivity contribution is -0.124. The van der Waals surface area contributed by atoms with E-state index in [0.717, 1.165) is 0 Å². The summed E-state index contributed by atoms with van der Waals surface area (Å²) in [7, 11) is 3.34. The van der Waals surface area contributed by atoms with Gasteiger partial charge >= 0.3 is 6.03 Å². The van der Waals surface area contributed by atoms with Gasteiger partial charge in [0.2, 0.25) is 5.91 Å². The van der Waals surface area contributed by atoms with Crippen LogP contribution in [0.4, 0.5) is 4.79 Å². The van der Waals surface area contributed by atoms with E-state index < -0.39 is 6.03 Å². The number of hydrogen-bond donors (Lipinski definition) is 2. The molecule has 0 radical (unpaired) electrons. The Hall–Kier alpha value is -1.88. The monoisotopic (exact) mass is 263 g/mol. The van der Waals surface area contributed by atoms with Crippen molar-refractivity contribution in [2.45, 2.75) is 26.4 Å². The summed E-state index contributed by atoms with van der Waals surface area (Å²) < 4.78 is 0. The highest BCUT2D eigenvalue weighted by Crippen LogP contribution is 2.11. The van der Waals surface area contributed by atoms with Crippen LogP contribution in [0.3, 0.4) is 0 Å². The third-order valence-electron chi connectivity index (χ3n) is 3.19. The van der Waals surface area contributed by atoms with Gasteiger partial charge in [0, 0.05) is 13.6 Å². The molecule has 1 aromatic carbocycles. The first-order valence-corrected chi connectivity index (χ1v) is 6.23. The van der Waals surface area contributed by atoms with Crippen molar-refractivity contribution in [3.63, 3.8) is 0 Å². The van der Waals surface area contributed by atoms with Crippen LogP contribution in [-0.2, 0) is 11.3 Å². The van der Waals surface area contributed by atoms with Crippen molar-refractivity contribution in [3.8, 4) is 0 Å². The third kappa shape index (κ3) is 4.37. The predicted octanol–water partition coefficient (Wildman–Crippen LogP) is 1.27. The lowest BCUT2D eigenvalue weighted by atomic mass is 10.1. The topological polar surface area (TPSA) is 61.4 Å². The molecule has 104 valence electrons. The van der Waals surface area contributed by atoms with Crippen molar-refractivity contribution >= 4 is 11.9 Å². The first-order valence-electron chi connectivity index (χ1n) is 6.23. The normalized spacial score (nSPS) is 12.1. The number of hydrogen-bond acceptors (Lipinski definition) is 3. The second kappa shape index (κ2) is 6.89. The summed E-state index contributed by atoms with van der Waals surface area (Å²) in [5, 5.41) is 4.64. The number of rotatable bonds is 4. The van der Waals surface area contributed by atoms with E-state index >= 15 is 0 Å². The molecule has 0 bridgehead atoms. The number of carbonyl (C=O) groups excluding carboxylic acids is 2. The number of nitrogens with one attached hydrogen (secondary N) is 2. The Bertz CT molecular complexity index is 460. The van der Waals surface area contributed by atoms with E-state index in [4.69, 9.17) is 0 Å². The van der Waals surface area contributed by atoms with Gasteiger partial charge in [-0.2, -0.15) is 0 Å². The minimum absolute atomic E-state index is 0.310. The highest BCUT2D eigenvalue weighted by atomic mass is 16.2. The van der Waals surface area contributed by atoms with Gasteiger partial charge in [0.1, 0.15) is 0 Å². The smallest absolute Gasteiger partial charge is 0.321 e. The van der Waals surface area contributed by atoms with Gasteiger partial charge in [-0.15, -0.1) is 0 Å². The van der Waals surface area contributed by atoms with Gasteiger partial charge in [0.15, 0.2) is 0 Å². The zero-order valence-corrected chi connectivity index (χ0v) is 11.9. The molecule has 0 aliphatic heterocycles. The Morgan fingerprint density at radius 3 is 2.53 bits per heavy atom. The van der Waals surface area contributed by atoms with Crippen LogP contribution in [0.5, 0.6) is 0 Å². The Labute approximate surface area is 114 Å². The fraction of sp³-hybridized carbons (Fsp3) is 0.429. The molecule has 0 heterocycles. The van der Waals surface area contributed by atoms with E-state index in [1.165, 1.54) is 18.2 Å². The van der Waals surface area contributed by atoms with Gasteiger partial charge in [-0.1, -0.05) is 24.3 Å². The molecule has 0 spiro atoms. The number of aryl methyl sites for hydroxylation is 1. The van der Waals surface area contributed by atoms with Crippen LogP contribution >= 0.6 is 0 Å². The predicted molar refractivity (Wildman–Crippen MR) is 74.7 cm³/mol. The molecule has 1 unspecified atom stereocenters. The van der Waals surface area contributed by atoms with Crippen LogP contribution in [-0.4, -0.2) is 37.0 Å². The second-order valence-corrected chi connectivity index (χ2v) is 4.59. The summed E-state index contributed by atoms with van der Waals surface area (Å²) in [4.78, 5) is 24.8. The molecule has 5 heteroatoms. The Morgan fingerprint density at radius 1 is 1.32 bits per heavy atom. The van der Waals surface area contributed by atoms with Crippen molar-refractivity contribution in [1.29, 1.82) is 0 Å². The molecule has 1 atom stereocenters. The van der Waals surface area contributed by atoms with Crippen LogP contribution in [0, 0.1) is 6.92 Å². The molecule has 1 aromatic rings. The van der Waals surface area contributed by atoms with E-state index in [1.807, 2.05) is 43.1 Å². The number of likely N-dealkylation sites (N-methyl/N-ethyl adjacent to an activating group) is 1. The molecule has 0 fully saturated rings. The molecule has 5 nitrogen and oxygen atoms in total. The maximum Gasteiger partial charge on any atom is 0.321 e. The minimum atomic E-state index is -0.485. The third-order valence-corrected chi connectivity index (χ3v) is 3.19. The molecular formula is C14H21N3O2. The Balaban J connectivity index is 2.62. The number of imide groups is 1. The largest absolute Gasteiger partial charge is 0.341 e. The fourth-order valence-corrected chi connectivity index (χ4v) is 1.67. The van der Waals surface area contributed by atoms with Crippen molar-refractivity contribution in [2.75, 3.05) is 14.1 Å². The summed E-state index contributed by atoms with van der Waals surface area (Å²) in [6.45, 7) is 4.48. The van der Waals surface area contributed by atoms with Crippen molar-refractivity contribution < 1.29 is 9.59 Å². The van der Waals surface area contributed by atoms with Gasteiger partial charge in [-0.25, -0.2) is 4.79 Å². The number of urea groups is 1. The zero-order valence-electron chi connectivity index (χ0n) is 11.9. The lowest BCUT2D eigenvalue weighted by Gasteiger charge is -2.24. The number of carbonyl (C=O) groups is 2. The highest BCUT2D eigenvalue weighted by molar-refractivity contribution is 5.96. The SMILES string of the molecule is CNC(=O)NC(=O)C(C)N(C)Cc1ccccc1C. The lowest BCUT2D eigenvalue weighted by Crippen LogP contribution is -2.47. The molecule has 3 amide bonds. The first kappa shape index (κ1) is 15.2. The molecule has 0 aliphatic rings. The van der Waals surface area contributed by atoms with Crippen molar-refractivity contribution in [3.05, 3.63) is 35.4 Å². The Morgan fingerprint density at radius 2 is 1.95 bits per heavy atom. The standard InChI is InChI=1S/C14H21N3O2/c1-10-7-5-6-8-12(10)9-17(4)11(2)13(18)16-14(19)15-3/h5-8,11H,9H2,1-4H3,(H2,15,16,18,19). The van der Waals surface area contributed by atoms with Crippen molar-refractivity contribution in [1.82, 2.24) is 15.5 Å². The average molecular weight is 263 g/mol. The number of amides is 3. The first-order chi connectivity index (χ1) is 8.95. The van der Waals surface area contributed by atoms with E-state index in [-0.39, 0.29) is 11.9 Å². The second-order valence-electron chi connectivity index (χ2n) is 4.59. The summed E-state index contributed by atoms with van der Waals surface area (Å²) in [6.07, 6.45) is 0. The van der Waals surface area contributed by atoms with Gasteiger partial charge in [0.05, 0.1) is 6.04 Å². The van der Waals surface area contributed by atoms with E-state index in [2.05, 4.69) is 10.6 Å². The summed E-state index contributed by atoms with van der Waals surface area (Å²) in [6, 6.07) is 7.18. The van der Waals surface area contributed by atoms with Crippen LogP contribution < -0.4 is 10.6 Å². The molecule has 1 rings (SSSR count). The molecule has 2 N–H and O–H groups in total. The van der Waals surface area contributed by atoms with Crippen LogP contribution in [0.25, 0.3) is 0 Å². The molecule has 19 heavy (non-hydrogen) atoms. The van der Waals surface area contributed by atoms with Crippen LogP contribution in [0.2, 0.25) is 0 Å². The van der Waals surface area contributed by atoms with Gasteiger partial charge in [-0.3, -0.25) is 15.0 Å². The van der Waals surface area contributed by atoms with E-state index in [9.17, 15) is 9.59 Å². The van der Waals surface area contributed by atoms with Gasteiger partial charge in [0.25, 0.3) is 0 Å². The van der Waals surface area contributed by atoms with Crippen LogP contribution in [0.1, 0.15) is 18.1 Å². The Kier molecular flexibility index (Phi) is 5.51. The molecular weight excluding hydrogens is 242 g/mol. The van der Waals surface area contributed by atoms with Crippen molar-refractivity contribution in [2.24, 2.45) is 0 Å². The summed E-state index contributed by atoms with van der Waals surface area (Å²) >= 11 is 0. The number of nitrogens with zero attached hydrogens (tertiary/aromatic N) is 1. The quantitative estimate of drug-likeness (QED) is 0.860. The number of benzene rings is 1. The average Bonchev–Trinajstić information content (AvgIpc) is 2.40. The summed E-state index contributed by atoms with van der Waals surface area (Å²) in [5.41, 5.74) is 2.36. The summed E-state index contributed by atoms with van der Waals surface area (Å²) in [5.74, 6) is -0.310.